The molecule has 0 atom stereocenters. The monoisotopic (exact) mass is 368 g/mol. The first-order valence-corrected chi connectivity index (χ1v) is 10.3. The van der Waals surface area contributed by atoms with Gasteiger partial charge < -0.3 is 0 Å². The standard InChI is InChI=1S/C22H24Se/c1-3-5-17-7-11-19(12-8-17)21-15-16-22(23-21)20-13-9-18(6-4-2)10-14-20/h7-16H,3-6H2,1-2H3. The molecule has 0 nitrogen and oxygen atoms in total. The van der Waals surface area contributed by atoms with Crippen molar-refractivity contribution in [2.75, 3.05) is 0 Å². The summed E-state index contributed by atoms with van der Waals surface area (Å²) < 4.78 is 2.99. The number of hydrogen-bond donors (Lipinski definition) is 0. The molecule has 1 heterocycles. The molecular weight excluding hydrogens is 343 g/mol. The Morgan fingerprint density at radius 1 is 0.565 bits per heavy atom. The van der Waals surface area contributed by atoms with Gasteiger partial charge in [0.1, 0.15) is 0 Å². The van der Waals surface area contributed by atoms with Crippen molar-refractivity contribution in [1.29, 1.82) is 0 Å². The van der Waals surface area contributed by atoms with Gasteiger partial charge in [0, 0.05) is 0 Å². The zero-order valence-corrected chi connectivity index (χ0v) is 15.7. The molecule has 0 aliphatic carbocycles. The van der Waals surface area contributed by atoms with E-state index in [1.165, 1.54) is 56.8 Å². The summed E-state index contributed by atoms with van der Waals surface area (Å²) in [6.07, 6.45) is 4.79. The maximum atomic E-state index is 2.31. The Balaban J connectivity index is 1.79. The van der Waals surface area contributed by atoms with E-state index in [1.807, 2.05) is 0 Å². The SMILES string of the molecule is CCCc1ccc(-c2ccc(-c3ccc(CCC)cc3)[se]2)cc1. The van der Waals surface area contributed by atoms with E-state index in [-0.39, 0.29) is 0 Å². The van der Waals surface area contributed by atoms with Crippen molar-refractivity contribution in [2.45, 2.75) is 39.5 Å². The van der Waals surface area contributed by atoms with E-state index in [9.17, 15) is 0 Å². The molecule has 0 bridgehead atoms. The van der Waals surface area contributed by atoms with Gasteiger partial charge in [-0.3, -0.25) is 0 Å². The molecule has 0 aliphatic heterocycles. The Labute approximate surface area is 145 Å². The molecule has 0 fully saturated rings. The zero-order valence-electron chi connectivity index (χ0n) is 14.0. The number of rotatable bonds is 6. The Bertz CT molecular complexity index is 668. The fourth-order valence-corrected chi connectivity index (χ4v) is 5.03. The summed E-state index contributed by atoms with van der Waals surface area (Å²) in [5, 5.41) is 0. The molecule has 0 radical (unpaired) electrons. The topological polar surface area (TPSA) is 0 Å². The fraction of sp³-hybridized carbons (Fsp3) is 0.273. The van der Waals surface area contributed by atoms with Crippen LogP contribution >= 0.6 is 0 Å². The Morgan fingerprint density at radius 3 is 1.30 bits per heavy atom. The van der Waals surface area contributed by atoms with Gasteiger partial charge in [0.05, 0.1) is 0 Å². The molecule has 23 heavy (non-hydrogen) atoms. The van der Waals surface area contributed by atoms with Crippen LogP contribution < -0.4 is 0 Å². The summed E-state index contributed by atoms with van der Waals surface area (Å²) in [6.45, 7) is 4.47. The van der Waals surface area contributed by atoms with Crippen molar-refractivity contribution >= 4 is 14.5 Å². The van der Waals surface area contributed by atoms with E-state index in [1.54, 1.807) is 0 Å². The van der Waals surface area contributed by atoms with Gasteiger partial charge in [-0.05, 0) is 0 Å². The van der Waals surface area contributed by atoms with Crippen LogP contribution in [0.4, 0.5) is 0 Å². The molecule has 0 unspecified atom stereocenters. The van der Waals surface area contributed by atoms with E-state index in [2.05, 4.69) is 74.5 Å². The van der Waals surface area contributed by atoms with Crippen LogP contribution in [0.1, 0.15) is 37.8 Å². The minimum absolute atomic E-state index is 0.415. The molecule has 0 N–H and O–H groups in total. The van der Waals surface area contributed by atoms with Gasteiger partial charge in [-0.1, -0.05) is 0 Å². The maximum absolute atomic E-state index is 2.31. The van der Waals surface area contributed by atoms with E-state index < -0.39 is 0 Å². The van der Waals surface area contributed by atoms with Crippen molar-refractivity contribution in [2.24, 2.45) is 0 Å². The zero-order chi connectivity index (χ0) is 16.1. The molecule has 2 aromatic carbocycles. The van der Waals surface area contributed by atoms with E-state index in [0.717, 1.165) is 0 Å². The van der Waals surface area contributed by atoms with E-state index in [4.69, 9.17) is 0 Å². The van der Waals surface area contributed by atoms with Gasteiger partial charge in [-0.15, -0.1) is 0 Å². The molecule has 0 aliphatic rings. The Kier molecular flexibility index (Phi) is 5.54. The van der Waals surface area contributed by atoms with Crippen molar-refractivity contribution in [3.8, 4) is 20.0 Å². The second kappa shape index (κ2) is 7.81. The van der Waals surface area contributed by atoms with Crippen LogP contribution in [0.15, 0.2) is 60.7 Å². The van der Waals surface area contributed by atoms with Gasteiger partial charge in [0.2, 0.25) is 0 Å². The number of aryl methyl sites for hydroxylation is 2. The molecular formula is C22H24Se. The molecule has 1 heteroatoms. The summed E-state index contributed by atoms with van der Waals surface area (Å²) in [6, 6.07) is 22.9. The summed E-state index contributed by atoms with van der Waals surface area (Å²) >= 11 is 0.415. The normalized spacial score (nSPS) is 10.9. The van der Waals surface area contributed by atoms with Gasteiger partial charge in [0.25, 0.3) is 0 Å². The quantitative estimate of drug-likeness (QED) is 0.470. The second-order valence-corrected chi connectivity index (χ2v) is 8.33. The molecule has 0 saturated heterocycles. The third kappa shape index (κ3) is 4.05. The van der Waals surface area contributed by atoms with Crippen molar-refractivity contribution in [1.82, 2.24) is 0 Å². The van der Waals surface area contributed by atoms with Gasteiger partial charge in [-0.2, -0.15) is 0 Å². The summed E-state index contributed by atoms with van der Waals surface area (Å²) in [5.41, 5.74) is 5.67. The predicted octanol–water partition coefficient (Wildman–Crippen LogP) is 5.98. The van der Waals surface area contributed by atoms with Gasteiger partial charge in [0.15, 0.2) is 0 Å². The van der Waals surface area contributed by atoms with Gasteiger partial charge >= 0.3 is 146 Å². The number of hydrogen-bond acceptors (Lipinski definition) is 0. The Morgan fingerprint density at radius 2 is 0.957 bits per heavy atom. The third-order valence-electron chi connectivity index (χ3n) is 4.16. The van der Waals surface area contributed by atoms with Crippen LogP contribution in [0.5, 0.6) is 0 Å². The Hall–Kier alpha value is -1.56. The van der Waals surface area contributed by atoms with Crippen molar-refractivity contribution in [3.63, 3.8) is 0 Å². The van der Waals surface area contributed by atoms with Crippen LogP contribution in [-0.2, 0) is 12.8 Å². The predicted molar refractivity (Wildman–Crippen MR) is 102 cm³/mol. The fourth-order valence-electron chi connectivity index (χ4n) is 2.90. The molecule has 1 aromatic heterocycles. The first kappa shape index (κ1) is 16.3. The first-order valence-electron chi connectivity index (χ1n) is 8.58. The van der Waals surface area contributed by atoms with Crippen LogP contribution in [-0.4, -0.2) is 14.5 Å². The van der Waals surface area contributed by atoms with E-state index in [0.29, 0.717) is 14.5 Å². The summed E-state index contributed by atoms with van der Waals surface area (Å²) in [5.74, 6) is 0. The average molecular weight is 367 g/mol. The summed E-state index contributed by atoms with van der Waals surface area (Å²) in [4.78, 5) is 0. The summed E-state index contributed by atoms with van der Waals surface area (Å²) in [7, 11) is 0. The third-order valence-corrected chi connectivity index (χ3v) is 6.64. The van der Waals surface area contributed by atoms with Crippen LogP contribution in [0, 0.1) is 0 Å². The van der Waals surface area contributed by atoms with Crippen molar-refractivity contribution in [3.05, 3.63) is 71.8 Å². The van der Waals surface area contributed by atoms with Crippen molar-refractivity contribution < 1.29 is 0 Å². The second-order valence-electron chi connectivity index (χ2n) is 6.06. The molecule has 0 saturated carbocycles. The molecule has 3 aromatic rings. The van der Waals surface area contributed by atoms with E-state index >= 15 is 0 Å². The van der Waals surface area contributed by atoms with Crippen LogP contribution in [0.3, 0.4) is 0 Å². The minimum atomic E-state index is 0.415. The molecule has 3 rings (SSSR count). The number of benzene rings is 2. The average Bonchev–Trinajstić information content (AvgIpc) is 3.07. The van der Waals surface area contributed by atoms with Gasteiger partial charge in [-0.25, -0.2) is 0 Å². The molecule has 118 valence electrons. The molecule has 0 amide bonds. The van der Waals surface area contributed by atoms with Crippen LogP contribution in [0.25, 0.3) is 20.0 Å². The van der Waals surface area contributed by atoms with Crippen LogP contribution in [0.2, 0.25) is 0 Å². The first-order chi connectivity index (χ1) is 11.3. The molecule has 0 spiro atoms.